The number of alkyl halides is 3. The van der Waals surface area contributed by atoms with Gasteiger partial charge in [0.05, 0.1) is 10.5 Å². The summed E-state index contributed by atoms with van der Waals surface area (Å²) in [5.41, 5.74) is -0.894. The molecule has 0 fully saturated rings. The van der Waals surface area contributed by atoms with E-state index in [0.717, 1.165) is 6.07 Å². The van der Waals surface area contributed by atoms with Crippen LogP contribution in [0.1, 0.15) is 31.9 Å². The molecule has 0 spiro atoms. The third-order valence-electron chi connectivity index (χ3n) is 2.04. The lowest BCUT2D eigenvalue weighted by Crippen LogP contribution is -2.37. The van der Waals surface area contributed by atoms with E-state index in [-0.39, 0.29) is 4.90 Å². The number of hydrogen-bond acceptors (Lipinski definition) is 1. The molecule has 0 heterocycles. The maximum absolute atomic E-state index is 12.9. The highest BCUT2D eigenvalue weighted by Crippen LogP contribution is 2.34. The van der Waals surface area contributed by atoms with Crippen LogP contribution < -0.4 is 4.72 Å². The van der Waals surface area contributed by atoms with Gasteiger partial charge >= 0.3 is 6.18 Å². The number of hydrogen-bond donors (Lipinski definition) is 1. The average molecular weight is 279 g/mol. The van der Waals surface area contributed by atoms with Gasteiger partial charge in [-0.2, -0.15) is 13.2 Å². The number of aryl methyl sites for hydroxylation is 1. The Bertz CT molecular complexity index is 463. The smallest absolute Gasteiger partial charge is 0.237 e. The lowest BCUT2D eigenvalue weighted by atomic mass is 10.1. The minimum Gasteiger partial charge on any atom is -0.237 e. The van der Waals surface area contributed by atoms with Crippen molar-refractivity contribution in [3.63, 3.8) is 0 Å². The number of benzene rings is 1. The van der Waals surface area contributed by atoms with Crippen LogP contribution in [0.4, 0.5) is 13.2 Å². The predicted octanol–water partition coefficient (Wildman–Crippen LogP) is 3.42. The van der Waals surface area contributed by atoms with Crippen LogP contribution in [0, 0.1) is 6.92 Å². The molecule has 0 bridgehead atoms. The van der Waals surface area contributed by atoms with Crippen molar-refractivity contribution >= 4 is 11.0 Å². The van der Waals surface area contributed by atoms with E-state index >= 15 is 0 Å². The molecule has 0 aliphatic carbocycles. The van der Waals surface area contributed by atoms with E-state index in [9.17, 15) is 17.4 Å². The molecule has 0 aliphatic heterocycles. The zero-order chi connectivity index (χ0) is 14.1. The molecule has 2 nitrogen and oxygen atoms in total. The van der Waals surface area contributed by atoms with Gasteiger partial charge in [0.25, 0.3) is 0 Å². The first kappa shape index (κ1) is 15.2. The first-order valence-electron chi connectivity index (χ1n) is 5.38. The van der Waals surface area contributed by atoms with Crippen LogP contribution in [0.5, 0.6) is 0 Å². The lowest BCUT2D eigenvalue weighted by molar-refractivity contribution is -0.139. The summed E-state index contributed by atoms with van der Waals surface area (Å²) in [5.74, 6) is 0. The van der Waals surface area contributed by atoms with E-state index in [4.69, 9.17) is 0 Å². The molecule has 1 aromatic carbocycles. The van der Waals surface area contributed by atoms with Crippen molar-refractivity contribution in [2.45, 2.75) is 44.3 Å². The highest BCUT2D eigenvalue weighted by atomic mass is 32.2. The third-order valence-corrected chi connectivity index (χ3v) is 3.59. The normalized spacial score (nSPS) is 14.6. The van der Waals surface area contributed by atoms with Gasteiger partial charge in [-0.1, -0.05) is 11.6 Å². The van der Waals surface area contributed by atoms with Crippen molar-refractivity contribution in [3.8, 4) is 0 Å². The van der Waals surface area contributed by atoms with Crippen LogP contribution in [0.25, 0.3) is 0 Å². The van der Waals surface area contributed by atoms with Crippen molar-refractivity contribution in [2.75, 3.05) is 0 Å². The van der Waals surface area contributed by atoms with E-state index < -0.39 is 28.3 Å². The van der Waals surface area contributed by atoms with Crippen LogP contribution in [0.2, 0.25) is 0 Å². The van der Waals surface area contributed by atoms with Crippen LogP contribution in [-0.2, 0) is 17.2 Å². The maximum atomic E-state index is 12.9. The Morgan fingerprint density at radius 1 is 1.17 bits per heavy atom. The maximum Gasteiger partial charge on any atom is 0.417 e. The fraction of sp³-hybridized carbons (Fsp3) is 0.500. The topological polar surface area (TPSA) is 29.1 Å². The van der Waals surface area contributed by atoms with E-state index in [2.05, 4.69) is 4.72 Å². The Morgan fingerprint density at radius 2 is 1.72 bits per heavy atom. The van der Waals surface area contributed by atoms with Crippen LogP contribution in [0.15, 0.2) is 23.1 Å². The standard InChI is InChI=1S/C12H16F3NOS/c1-8-5-6-10(9(7-8)12(13,14)15)18(17)16-11(2,3)4/h5-7,16H,1-4H3. The quantitative estimate of drug-likeness (QED) is 0.883. The summed E-state index contributed by atoms with van der Waals surface area (Å²) in [6.07, 6.45) is -4.50. The summed E-state index contributed by atoms with van der Waals surface area (Å²) < 4.78 is 53.2. The molecule has 6 heteroatoms. The van der Waals surface area contributed by atoms with Gasteiger partial charge in [0, 0.05) is 5.54 Å². The molecule has 0 amide bonds. The van der Waals surface area contributed by atoms with Gasteiger partial charge in [-0.3, -0.25) is 0 Å². The largest absolute Gasteiger partial charge is 0.417 e. The Morgan fingerprint density at radius 3 is 2.17 bits per heavy atom. The van der Waals surface area contributed by atoms with Crippen molar-refractivity contribution in [2.24, 2.45) is 0 Å². The van der Waals surface area contributed by atoms with Gasteiger partial charge in [-0.05, 0) is 39.8 Å². The molecule has 1 atom stereocenters. The molecule has 1 N–H and O–H groups in total. The summed E-state index contributed by atoms with van der Waals surface area (Å²) in [6, 6.07) is 3.79. The molecule has 0 radical (unpaired) electrons. The van der Waals surface area contributed by atoms with Gasteiger partial charge in [0.2, 0.25) is 0 Å². The summed E-state index contributed by atoms with van der Waals surface area (Å²) in [4.78, 5) is -0.233. The lowest BCUT2D eigenvalue weighted by Gasteiger charge is -2.21. The molecule has 1 aromatic rings. The molecule has 0 aliphatic rings. The van der Waals surface area contributed by atoms with Gasteiger partial charge in [-0.15, -0.1) is 0 Å². The molecule has 0 saturated carbocycles. The summed E-state index contributed by atoms with van der Waals surface area (Å²) in [5, 5.41) is 0. The molecular weight excluding hydrogens is 263 g/mol. The third kappa shape index (κ3) is 4.10. The van der Waals surface area contributed by atoms with Crippen molar-refractivity contribution in [1.82, 2.24) is 4.72 Å². The molecule has 102 valence electrons. The fourth-order valence-electron chi connectivity index (χ4n) is 1.36. The van der Waals surface area contributed by atoms with E-state index in [1.165, 1.54) is 12.1 Å². The van der Waals surface area contributed by atoms with Gasteiger partial charge in [-0.25, -0.2) is 8.93 Å². The van der Waals surface area contributed by atoms with Crippen molar-refractivity contribution in [1.29, 1.82) is 0 Å². The zero-order valence-electron chi connectivity index (χ0n) is 10.7. The Hall–Kier alpha value is -0.880. The number of nitrogens with one attached hydrogen (secondary N) is 1. The van der Waals surface area contributed by atoms with Gasteiger partial charge < -0.3 is 0 Å². The minimum atomic E-state index is -4.50. The second-order valence-electron chi connectivity index (χ2n) is 5.12. The molecule has 18 heavy (non-hydrogen) atoms. The summed E-state index contributed by atoms with van der Waals surface area (Å²) >= 11 is 0. The first-order valence-corrected chi connectivity index (χ1v) is 6.53. The second-order valence-corrected chi connectivity index (χ2v) is 6.30. The molecular formula is C12H16F3NOS. The number of halogens is 3. The molecule has 0 aromatic heterocycles. The van der Waals surface area contributed by atoms with Gasteiger partial charge in [0.15, 0.2) is 0 Å². The van der Waals surface area contributed by atoms with E-state index in [1.54, 1.807) is 27.7 Å². The molecule has 1 rings (SSSR count). The number of rotatable bonds is 2. The highest BCUT2D eigenvalue weighted by molar-refractivity contribution is 7.83. The Labute approximate surface area is 107 Å². The van der Waals surface area contributed by atoms with Crippen LogP contribution in [0.3, 0.4) is 0 Å². The Kier molecular flexibility index (Phi) is 4.23. The minimum absolute atomic E-state index is 0.233. The Balaban J connectivity index is 3.21. The molecule has 0 saturated heterocycles. The van der Waals surface area contributed by atoms with Crippen molar-refractivity contribution < 1.29 is 17.4 Å². The van der Waals surface area contributed by atoms with Gasteiger partial charge in [0.1, 0.15) is 11.0 Å². The fourth-order valence-corrected chi connectivity index (χ4v) is 2.59. The monoisotopic (exact) mass is 279 g/mol. The highest BCUT2D eigenvalue weighted by Gasteiger charge is 2.35. The summed E-state index contributed by atoms with van der Waals surface area (Å²) in [7, 11) is -1.89. The second kappa shape index (κ2) is 5.01. The first-order chi connectivity index (χ1) is 8.00. The summed E-state index contributed by atoms with van der Waals surface area (Å²) in [6.45, 7) is 6.80. The van der Waals surface area contributed by atoms with E-state index in [1.807, 2.05) is 0 Å². The van der Waals surface area contributed by atoms with Crippen LogP contribution >= 0.6 is 0 Å². The molecule has 1 unspecified atom stereocenters. The SMILES string of the molecule is Cc1ccc(S(=O)NC(C)(C)C)c(C(F)(F)F)c1. The van der Waals surface area contributed by atoms with Crippen molar-refractivity contribution in [3.05, 3.63) is 29.3 Å². The predicted molar refractivity (Wildman–Crippen MR) is 65.5 cm³/mol. The zero-order valence-corrected chi connectivity index (χ0v) is 11.5. The van der Waals surface area contributed by atoms with Crippen LogP contribution in [-0.4, -0.2) is 9.75 Å². The van der Waals surface area contributed by atoms with E-state index in [0.29, 0.717) is 5.56 Å². The average Bonchev–Trinajstić information content (AvgIpc) is 2.13.